The minimum Gasteiger partial charge on any atom is -0.507 e. The molecule has 0 heterocycles. The van der Waals surface area contributed by atoms with Crippen LogP contribution in [-0.2, 0) is 0 Å². The van der Waals surface area contributed by atoms with Gasteiger partial charge in [0, 0.05) is 0 Å². The first-order valence-electron chi connectivity index (χ1n) is 5.93. The molecule has 0 amide bonds. The van der Waals surface area contributed by atoms with Gasteiger partial charge in [0.05, 0.1) is 18.2 Å². The summed E-state index contributed by atoms with van der Waals surface area (Å²) in [6, 6.07) is 10.3. The molecule has 94 valence electrons. The van der Waals surface area contributed by atoms with Crippen LogP contribution in [0, 0.1) is 0 Å². The number of phenolic OH excluding ortho intramolecular Hbond substituents is 1. The van der Waals surface area contributed by atoms with Gasteiger partial charge in [-0.05, 0) is 35.4 Å². The largest absolute Gasteiger partial charge is 0.507 e. The highest BCUT2D eigenvalue weighted by atomic mass is 16.5. The van der Waals surface area contributed by atoms with Crippen molar-refractivity contribution in [3.63, 3.8) is 0 Å². The lowest BCUT2D eigenvalue weighted by Crippen LogP contribution is -2.06. The molecule has 3 rings (SSSR count). The second-order valence-corrected chi connectivity index (χ2v) is 4.36. The Morgan fingerprint density at radius 2 is 1.74 bits per heavy atom. The second-order valence-electron chi connectivity index (χ2n) is 4.36. The molecule has 0 saturated heterocycles. The molecule has 0 aliphatic heterocycles. The van der Waals surface area contributed by atoms with E-state index in [4.69, 9.17) is 4.74 Å². The summed E-state index contributed by atoms with van der Waals surface area (Å²) in [6.45, 7) is 0. The summed E-state index contributed by atoms with van der Waals surface area (Å²) in [7, 11) is 1.52. The Balaban J connectivity index is 2.08. The number of phenols is 1. The number of rotatable bonds is 3. The van der Waals surface area contributed by atoms with Crippen LogP contribution in [0.3, 0.4) is 0 Å². The van der Waals surface area contributed by atoms with Gasteiger partial charge in [-0.15, -0.1) is 0 Å². The van der Waals surface area contributed by atoms with Crippen molar-refractivity contribution in [1.29, 1.82) is 0 Å². The highest BCUT2D eigenvalue weighted by Gasteiger charge is 2.20. The first-order chi connectivity index (χ1) is 9.20. The van der Waals surface area contributed by atoms with E-state index < -0.39 is 0 Å². The Morgan fingerprint density at radius 1 is 1.05 bits per heavy atom. The highest BCUT2D eigenvalue weighted by molar-refractivity contribution is 6.13. The molecule has 2 aromatic carbocycles. The molecule has 0 bridgehead atoms. The number of carbonyl (C=O) groups is 1. The number of carbonyl (C=O) groups excluding carboxylic acids is 1. The SMILES string of the molecule is COc1ccccc1C(=O)c1cc2c(cc1O)C=C2. The number of hydrogen-bond donors (Lipinski definition) is 1. The van der Waals surface area contributed by atoms with E-state index in [-0.39, 0.29) is 11.5 Å². The average molecular weight is 252 g/mol. The first-order valence-corrected chi connectivity index (χ1v) is 5.93. The summed E-state index contributed by atoms with van der Waals surface area (Å²) >= 11 is 0. The minimum atomic E-state index is -0.238. The minimum absolute atomic E-state index is 0.000920. The Hall–Kier alpha value is -2.55. The van der Waals surface area contributed by atoms with E-state index in [9.17, 15) is 9.90 Å². The molecule has 0 atom stereocenters. The van der Waals surface area contributed by atoms with E-state index in [2.05, 4.69) is 0 Å². The van der Waals surface area contributed by atoms with Crippen LogP contribution in [0.25, 0.3) is 12.2 Å². The Kier molecular flexibility index (Phi) is 2.60. The fourth-order valence-corrected chi connectivity index (χ4v) is 2.15. The number of ether oxygens (including phenoxy) is 1. The summed E-state index contributed by atoms with van der Waals surface area (Å²) in [4.78, 5) is 12.5. The van der Waals surface area contributed by atoms with Crippen molar-refractivity contribution >= 4 is 17.9 Å². The Morgan fingerprint density at radius 3 is 2.42 bits per heavy atom. The topological polar surface area (TPSA) is 46.5 Å². The molecule has 3 nitrogen and oxygen atoms in total. The lowest BCUT2D eigenvalue weighted by Gasteiger charge is -2.14. The van der Waals surface area contributed by atoms with Crippen molar-refractivity contribution in [1.82, 2.24) is 0 Å². The molecular weight excluding hydrogens is 240 g/mol. The van der Waals surface area contributed by atoms with Crippen LogP contribution in [0.5, 0.6) is 11.5 Å². The van der Waals surface area contributed by atoms with E-state index >= 15 is 0 Å². The van der Waals surface area contributed by atoms with Gasteiger partial charge < -0.3 is 9.84 Å². The van der Waals surface area contributed by atoms with Gasteiger partial charge in [-0.2, -0.15) is 0 Å². The molecule has 1 aliphatic carbocycles. The van der Waals surface area contributed by atoms with Crippen molar-refractivity contribution in [2.75, 3.05) is 7.11 Å². The molecule has 0 spiro atoms. The molecule has 19 heavy (non-hydrogen) atoms. The van der Waals surface area contributed by atoms with E-state index in [1.54, 1.807) is 36.4 Å². The van der Waals surface area contributed by atoms with Gasteiger partial charge >= 0.3 is 0 Å². The van der Waals surface area contributed by atoms with Gasteiger partial charge in [0.1, 0.15) is 11.5 Å². The third-order valence-electron chi connectivity index (χ3n) is 3.24. The third kappa shape index (κ3) is 1.80. The van der Waals surface area contributed by atoms with E-state index in [1.807, 2.05) is 12.2 Å². The number of hydrogen-bond acceptors (Lipinski definition) is 3. The predicted molar refractivity (Wildman–Crippen MR) is 73.5 cm³/mol. The zero-order chi connectivity index (χ0) is 13.4. The summed E-state index contributed by atoms with van der Waals surface area (Å²) in [5, 5.41) is 9.95. The molecular formula is C16H12O3. The van der Waals surface area contributed by atoms with Crippen molar-refractivity contribution in [2.45, 2.75) is 0 Å². The van der Waals surface area contributed by atoms with Gasteiger partial charge in [0.15, 0.2) is 5.78 Å². The molecule has 3 heteroatoms. The third-order valence-corrected chi connectivity index (χ3v) is 3.24. The molecule has 0 unspecified atom stereocenters. The fourth-order valence-electron chi connectivity index (χ4n) is 2.15. The van der Waals surface area contributed by atoms with Crippen molar-refractivity contribution in [2.24, 2.45) is 0 Å². The lowest BCUT2D eigenvalue weighted by atomic mass is 9.91. The molecule has 2 aromatic rings. The Bertz CT molecular complexity index is 699. The maximum Gasteiger partial charge on any atom is 0.200 e. The quantitative estimate of drug-likeness (QED) is 0.728. The highest BCUT2D eigenvalue weighted by Crippen LogP contribution is 2.33. The van der Waals surface area contributed by atoms with Gasteiger partial charge in [-0.1, -0.05) is 24.3 Å². The zero-order valence-electron chi connectivity index (χ0n) is 10.4. The first kappa shape index (κ1) is 11.5. The summed E-state index contributed by atoms with van der Waals surface area (Å²) in [5.41, 5.74) is 2.67. The summed E-state index contributed by atoms with van der Waals surface area (Å²) in [5.74, 6) is 0.266. The van der Waals surface area contributed by atoms with Crippen LogP contribution in [0.1, 0.15) is 27.0 Å². The molecule has 0 saturated carbocycles. The maximum atomic E-state index is 12.5. The molecule has 1 aliphatic rings. The number of para-hydroxylation sites is 1. The van der Waals surface area contributed by atoms with Gasteiger partial charge in [0.25, 0.3) is 0 Å². The predicted octanol–water partition coefficient (Wildman–Crippen LogP) is 3.12. The standard InChI is InChI=1S/C16H12O3/c1-19-15-5-3-2-4-12(15)16(18)13-8-10-6-7-11(10)9-14(13)17/h2-9,17H,1H3. The van der Waals surface area contributed by atoms with Crippen LogP contribution >= 0.6 is 0 Å². The van der Waals surface area contributed by atoms with Crippen molar-refractivity contribution in [3.8, 4) is 11.5 Å². The monoisotopic (exact) mass is 252 g/mol. The average Bonchev–Trinajstić information content (AvgIpc) is 2.42. The number of fused-ring (bicyclic) bond motifs is 1. The molecule has 0 aromatic heterocycles. The summed E-state index contributed by atoms with van der Waals surface area (Å²) < 4.78 is 5.18. The maximum absolute atomic E-state index is 12.5. The van der Waals surface area contributed by atoms with Crippen LogP contribution < -0.4 is 4.74 Å². The zero-order valence-corrected chi connectivity index (χ0v) is 10.4. The van der Waals surface area contributed by atoms with Crippen molar-refractivity contribution < 1.29 is 14.6 Å². The molecule has 0 radical (unpaired) electrons. The molecule has 0 fully saturated rings. The van der Waals surface area contributed by atoms with Crippen molar-refractivity contribution in [3.05, 3.63) is 58.7 Å². The second kappa shape index (κ2) is 4.28. The van der Waals surface area contributed by atoms with E-state index in [0.717, 1.165) is 11.1 Å². The number of benzene rings is 2. The Labute approximate surface area is 110 Å². The van der Waals surface area contributed by atoms with Gasteiger partial charge in [-0.25, -0.2) is 0 Å². The van der Waals surface area contributed by atoms with Gasteiger partial charge in [0.2, 0.25) is 0 Å². The normalized spacial score (nSPS) is 11.6. The van der Waals surface area contributed by atoms with Crippen LogP contribution in [0.15, 0.2) is 36.4 Å². The lowest BCUT2D eigenvalue weighted by molar-refractivity contribution is 0.103. The smallest absolute Gasteiger partial charge is 0.200 e. The van der Waals surface area contributed by atoms with E-state index in [0.29, 0.717) is 16.9 Å². The number of methoxy groups -OCH3 is 1. The summed E-state index contributed by atoms with van der Waals surface area (Å²) in [6.07, 6.45) is 3.81. The van der Waals surface area contributed by atoms with E-state index in [1.165, 1.54) is 7.11 Å². The van der Waals surface area contributed by atoms with Gasteiger partial charge in [-0.3, -0.25) is 4.79 Å². The van der Waals surface area contributed by atoms with Crippen LogP contribution in [0.4, 0.5) is 0 Å². The van der Waals surface area contributed by atoms with Crippen LogP contribution in [-0.4, -0.2) is 18.0 Å². The van der Waals surface area contributed by atoms with Crippen LogP contribution in [0.2, 0.25) is 0 Å². The number of ketones is 1. The molecule has 1 N–H and O–H groups in total. The fraction of sp³-hybridized carbons (Fsp3) is 0.0625. The number of aromatic hydroxyl groups is 1.